The number of ether oxygens (including phenoxy) is 2. The molecule has 0 aliphatic carbocycles. The fourth-order valence-electron chi connectivity index (χ4n) is 2.53. The average molecular weight is 328 g/mol. The summed E-state index contributed by atoms with van der Waals surface area (Å²) in [6, 6.07) is 0.453. The minimum Gasteiger partial charge on any atom is -0.381 e. The second-order valence-electron chi connectivity index (χ2n) is 6.94. The summed E-state index contributed by atoms with van der Waals surface area (Å²) in [6.45, 7) is 13.9. The van der Waals surface area contributed by atoms with Crippen molar-refractivity contribution in [2.45, 2.75) is 59.4 Å². The molecule has 0 aromatic carbocycles. The average Bonchev–Trinajstić information content (AvgIpc) is 3.02. The molecule has 2 N–H and O–H groups in total. The van der Waals surface area contributed by atoms with Crippen LogP contribution in [0.3, 0.4) is 0 Å². The summed E-state index contributed by atoms with van der Waals surface area (Å²) in [6.07, 6.45) is 4.52. The molecule has 0 bridgehead atoms. The van der Waals surface area contributed by atoms with Gasteiger partial charge in [-0.25, -0.2) is 0 Å². The molecule has 1 saturated heterocycles. The second kappa shape index (κ2) is 12.6. The van der Waals surface area contributed by atoms with Crippen molar-refractivity contribution in [1.29, 1.82) is 0 Å². The highest BCUT2D eigenvalue weighted by atomic mass is 16.5. The molecule has 0 amide bonds. The molecule has 2 unspecified atom stereocenters. The quantitative estimate of drug-likeness (QED) is 0.348. The molecule has 2 atom stereocenters. The molecule has 0 saturated carbocycles. The van der Waals surface area contributed by atoms with Crippen LogP contribution >= 0.6 is 0 Å². The predicted molar refractivity (Wildman–Crippen MR) is 97.0 cm³/mol. The molecule has 136 valence electrons. The van der Waals surface area contributed by atoms with Gasteiger partial charge in [0.15, 0.2) is 5.96 Å². The van der Waals surface area contributed by atoms with E-state index in [4.69, 9.17) is 9.47 Å². The summed E-state index contributed by atoms with van der Waals surface area (Å²) >= 11 is 0. The number of guanidine groups is 1. The van der Waals surface area contributed by atoms with Gasteiger partial charge in [-0.05, 0) is 45.4 Å². The standard InChI is InChI=1S/C18H37N3O2/c1-5-19-18(21-16(4)8-7-15(2)3)20-10-6-11-22-13-17-9-12-23-14-17/h15-17H,5-14H2,1-4H3,(H2,19,20,21). The Morgan fingerprint density at radius 3 is 2.78 bits per heavy atom. The first-order valence-electron chi connectivity index (χ1n) is 9.32. The van der Waals surface area contributed by atoms with Crippen LogP contribution in [-0.4, -0.2) is 51.5 Å². The third-order valence-corrected chi connectivity index (χ3v) is 4.00. The first kappa shape index (κ1) is 20.2. The first-order valence-corrected chi connectivity index (χ1v) is 9.32. The Morgan fingerprint density at radius 2 is 2.13 bits per heavy atom. The van der Waals surface area contributed by atoms with E-state index in [1.807, 2.05) is 0 Å². The molecule has 0 aromatic heterocycles. The molecular weight excluding hydrogens is 290 g/mol. The summed E-state index contributed by atoms with van der Waals surface area (Å²) in [5, 5.41) is 6.81. The lowest BCUT2D eigenvalue weighted by Gasteiger charge is -2.18. The molecule has 23 heavy (non-hydrogen) atoms. The minimum absolute atomic E-state index is 0.453. The highest BCUT2D eigenvalue weighted by molar-refractivity contribution is 5.79. The number of nitrogens with one attached hydrogen (secondary N) is 2. The van der Waals surface area contributed by atoms with E-state index in [2.05, 4.69) is 43.3 Å². The van der Waals surface area contributed by atoms with E-state index in [9.17, 15) is 0 Å². The van der Waals surface area contributed by atoms with Gasteiger partial charge in [-0.15, -0.1) is 0 Å². The highest BCUT2D eigenvalue weighted by Gasteiger charge is 2.15. The molecule has 5 nitrogen and oxygen atoms in total. The maximum Gasteiger partial charge on any atom is 0.191 e. The van der Waals surface area contributed by atoms with Crippen LogP contribution in [0.15, 0.2) is 4.99 Å². The number of nitrogens with zero attached hydrogens (tertiary/aromatic N) is 1. The van der Waals surface area contributed by atoms with Gasteiger partial charge in [0.25, 0.3) is 0 Å². The fourth-order valence-corrected chi connectivity index (χ4v) is 2.53. The van der Waals surface area contributed by atoms with Crippen LogP contribution in [0.2, 0.25) is 0 Å². The van der Waals surface area contributed by atoms with Crippen LogP contribution < -0.4 is 10.6 Å². The monoisotopic (exact) mass is 327 g/mol. The largest absolute Gasteiger partial charge is 0.381 e. The SMILES string of the molecule is CCNC(=NCCCOCC1CCOC1)NC(C)CCC(C)C. The third kappa shape index (κ3) is 10.6. The van der Waals surface area contributed by atoms with Gasteiger partial charge < -0.3 is 20.1 Å². The summed E-state index contributed by atoms with van der Waals surface area (Å²) < 4.78 is 11.1. The summed E-state index contributed by atoms with van der Waals surface area (Å²) in [5.74, 6) is 2.27. The zero-order chi connectivity index (χ0) is 16.9. The fraction of sp³-hybridized carbons (Fsp3) is 0.944. The van der Waals surface area contributed by atoms with Crippen molar-refractivity contribution in [2.75, 3.05) is 39.5 Å². The smallest absolute Gasteiger partial charge is 0.191 e. The Hall–Kier alpha value is -0.810. The van der Waals surface area contributed by atoms with Gasteiger partial charge >= 0.3 is 0 Å². The van der Waals surface area contributed by atoms with Crippen molar-refractivity contribution in [3.63, 3.8) is 0 Å². The molecule has 0 aromatic rings. The molecule has 1 rings (SSSR count). The van der Waals surface area contributed by atoms with E-state index in [1.54, 1.807) is 0 Å². The molecule has 1 aliphatic rings. The van der Waals surface area contributed by atoms with Crippen molar-refractivity contribution in [2.24, 2.45) is 16.8 Å². The highest BCUT2D eigenvalue weighted by Crippen LogP contribution is 2.12. The molecule has 5 heteroatoms. The van der Waals surface area contributed by atoms with Crippen molar-refractivity contribution < 1.29 is 9.47 Å². The van der Waals surface area contributed by atoms with E-state index in [0.29, 0.717) is 12.0 Å². The van der Waals surface area contributed by atoms with Crippen molar-refractivity contribution >= 4 is 5.96 Å². The van der Waals surface area contributed by atoms with Gasteiger partial charge in [0.2, 0.25) is 0 Å². The zero-order valence-electron chi connectivity index (χ0n) is 15.6. The molecule has 1 heterocycles. The number of hydrogen-bond donors (Lipinski definition) is 2. The Balaban J connectivity index is 2.14. The van der Waals surface area contributed by atoms with Crippen LogP contribution in [-0.2, 0) is 9.47 Å². The molecule has 0 spiro atoms. The van der Waals surface area contributed by atoms with Crippen LogP contribution in [0.25, 0.3) is 0 Å². The van der Waals surface area contributed by atoms with Crippen LogP contribution in [0.5, 0.6) is 0 Å². The Morgan fingerprint density at radius 1 is 1.30 bits per heavy atom. The Labute approximate surface area is 142 Å². The van der Waals surface area contributed by atoms with Crippen LogP contribution in [0.4, 0.5) is 0 Å². The van der Waals surface area contributed by atoms with E-state index < -0.39 is 0 Å². The van der Waals surface area contributed by atoms with Gasteiger partial charge in [0.05, 0.1) is 13.2 Å². The zero-order valence-corrected chi connectivity index (χ0v) is 15.6. The molecule has 1 fully saturated rings. The maximum absolute atomic E-state index is 5.72. The summed E-state index contributed by atoms with van der Waals surface area (Å²) in [4.78, 5) is 4.64. The summed E-state index contributed by atoms with van der Waals surface area (Å²) in [5.41, 5.74) is 0. The Kier molecular flexibility index (Phi) is 11.1. The third-order valence-electron chi connectivity index (χ3n) is 4.00. The lowest BCUT2D eigenvalue weighted by molar-refractivity contribution is 0.0893. The second-order valence-corrected chi connectivity index (χ2v) is 6.94. The maximum atomic E-state index is 5.72. The van der Waals surface area contributed by atoms with Crippen molar-refractivity contribution in [1.82, 2.24) is 10.6 Å². The molecular formula is C18H37N3O2. The van der Waals surface area contributed by atoms with Gasteiger partial charge in [0.1, 0.15) is 0 Å². The van der Waals surface area contributed by atoms with E-state index >= 15 is 0 Å². The van der Waals surface area contributed by atoms with Crippen molar-refractivity contribution in [3.8, 4) is 0 Å². The minimum atomic E-state index is 0.453. The number of rotatable bonds is 11. The Bertz CT molecular complexity index is 315. The van der Waals surface area contributed by atoms with E-state index in [0.717, 1.165) is 64.2 Å². The van der Waals surface area contributed by atoms with Gasteiger partial charge in [-0.1, -0.05) is 13.8 Å². The van der Waals surface area contributed by atoms with Gasteiger partial charge in [-0.3, -0.25) is 4.99 Å². The van der Waals surface area contributed by atoms with Gasteiger partial charge in [-0.2, -0.15) is 0 Å². The van der Waals surface area contributed by atoms with Crippen molar-refractivity contribution in [3.05, 3.63) is 0 Å². The molecule has 0 radical (unpaired) electrons. The predicted octanol–water partition coefficient (Wildman–Crippen LogP) is 2.81. The number of aliphatic imine (C=N–C) groups is 1. The first-order chi connectivity index (χ1) is 11.1. The van der Waals surface area contributed by atoms with Gasteiger partial charge in [0, 0.05) is 38.3 Å². The normalized spacial score (nSPS) is 20.0. The lowest BCUT2D eigenvalue weighted by Crippen LogP contribution is -2.42. The van der Waals surface area contributed by atoms with Crippen LogP contribution in [0.1, 0.15) is 53.4 Å². The van der Waals surface area contributed by atoms with E-state index in [1.165, 1.54) is 12.8 Å². The lowest BCUT2D eigenvalue weighted by atomic mass is 10.0. The van der Waals surface area contributed by atoms with E-state index in [-0.39, 0.29) is 0 Å². The van der Waals surface area contributed by atoms with Crippen LogP contribution in [0, 0.1) is 11.8 Å². The molecule has 1 aliphatic heterocycles. The topological polar surface area (TPSA) is 54.9 Å². The summed E-state index contributed by atoms with van der Waals surface area (Å²) in [7, 11) is 0. The number of hydrogen-bond acceptors (Lipinski definition) is 3.